The molecular formula is C12H18N4O3. The van der Waals surface area contributed by atoms with Crippen molar-refractivity contribution in [3.63, 3.8) is 0 Å². The molecule has 1 aliphatic rings. The van der Waals surface area contributed by atoms with E-state index in [0.717, 1.165) is 12.5 Å². The van der Waals surface area contributed by atoms with Gasteiger partial charge < -0.3 is 20.8 Å². The van der Waals surface area contributed by atoms with Crippen LogP contribution in [0.5, 0.6) is 0 Å². The molecule has 1 heterocycles. The molecule has 0 amide bonds. The number of aromatic nitrogens is 2. The van der Waals surface area contributed by atoms with E-state index in [1.165, 1.54) is 26.1 Å². The van der Waals surface area contributed by atoms with Crippen LogP contribution in [0.25, 0.3) is 0 Å². The van der Waals surface area contributed by atoms with Crippen molar-refractivity contribution in [3.05, 3.63) is 12.4 Å². The molecule has 1 atom stereocenters. The van der Waals surface area contributed by atoms with Crippen molar-refractivity contribution >= 4 is 17.6 Å². The first-order chi connectivity index (χ1) is 8.97. The summed E-state index contributed by atoms with van der Waals surface area (Å²) in [5, 5.41) is 24.4. The summed E-state index contributed by atoms with van der Waals surface area (Å²) in [5.74, 6) is 0.634. The summed E-state index contributed by atoms with van der Waals surface area (Å²) >= 11 is 0. The molecule has 19 heavy (non-hydrogen) atoms. The molecule has 2 rings (SSSR count). The molecule has 7 nitrogen and oxygen atoms in total. The highest BCUT2D eigenvalue weighted by molar-refractivity contribution is 5.77. The van der Waals surface area contributed by atoms with Crippen LogP contribution in [-0.4, -0.2) is 44.8 Å². The smallest absolute Gasteiger partial charge is 0.337 e. The fraction of sp³-hybridized carbons (Fsp3) is 0.583. The second-order valence-corrected chi connectivity index (χ2v) is 5.05. The Bertz CT molecular complexity index is 460. The second kappa shape index (κ2) is 5.40. The molecule has 0 aromatic carbocycles. The minimum Gasteiger partial charge on any atom is -0.479 e. The quantitative estimate of drug-likeness (QED) is 0.570. The predicted octanol–water partition coefficient (Wildman–Crippen LogP) is 0.546. The van der Waals surface area contributed by atoms with Gasteiger partial charge in [-0.25, -0.2) is 14.8 Å². The zero-order valence-electron chi connectivity index (χ0n) is 10.8. The van der Waals surface area contributed by atoms with Gasteiger partial charge in [0.05, 0.1) is 6.54 Å². The Labute approximate surface area is 111 Å². The number of hydrogen-bond donors (Lipinski definition) is 4. The molecule has 0 saturated heterocycles. The molecule has 4 N–H and O–H groups in total. The van der Waals surface area contributed by atoms with E-state index >= 15 is 0 Å². The number of rotatable bonds is 7. The van der Waals surface area contributed by atoms with Crippen LogP contribution in [0.1, 0.15) is 19.8 Å². The van der Waals surface area contributed by atoms with Crippen molar-refractivity contribution in [1.82, 2.24) is 9.97 Å². The van der Waals surface area contributed by atoms with Gasteiger partial charge in [0.15, 0.2) is 5.60 Å². The monoisotopic (exact) mass is 266 g/mol. The van der Waals surface area contributed by atoms with Crippen molar-refractivity contribution in [1.29, 1.82) is 0 Å². The van der Waals surface area contributed by atoms with E-state index in [4.69, 9.17) is 5.11 Å². The van der Waals surface area contributed by atoms with E-state index in [0.29, 0.717) is 11.6 Å². The van der Waals surface area contributed by atoms with Crippen molar-refractivity contribution in [2.24, 2.45) is 5.92 Å². The topological polar surface area (TPSA) is 107 Å². The van der Waals surface area contributed by atoms with Gasteiger partial charge in [0.2, 0.25) is 0 Å². The Balaban J connectivity index is 1.88. The summed E-state index contributed by atoms with van der Waals surface area (Å²) in [4.78, 5) is 18.8. The van der Waals surface area contributed by atoms with Crippen molar-refractivity contribution in [2.45, 2.75) is 25.4 Å². The Morgan fingerprint density at radius 2 is 2.05 bits per heavy atom. The van der Waals surface area contributed by atoms with Crippen LogP contribution in [-0.2, 0) is 4.79 Å². The second-order valence-electron chi connectivity index (χ2n) is 5.05. The lowest BCUT2D eigenvalue weighted by atomic mass is 10.1. The lowest BCUT2D eigenvalue weighted by Crippen LogP contribution is -2.41. The summed E-state index contributed by atoms with van der Waals surface area (Å²) in [6.45, 7) is 2.00. The van der Waals surface area contributed by atoms with Crippen LogP contribution in [0.2, 0.25) is 0 Å². The van der Waals surface area contributed by atoms with Crippen LogP contribution in [0.3, 0.4) is 0 Å². The summed E-state index contributed by atoms with van der Waals surface area (Å²) in [6, 6.07) is 1.69. The largest absolute Gasteiger partial charge is 0.479 e. The molecule has 104 valence electrons. The first-order valence-electron chi connectivity index (χ1n) is 6.23. The summed E-state index contributed by atoms with van der Waals surface area (Å²) in [7, 11) is 0. The number of aliphatic carboxylic acids is 1. The summed E-state index contributed by atoms with van der Waals surface area (Å²) in [5.41, 5.74) is -1.83. The molecule has 0 spiro atoms. The number of nitrogens with one attached hydrogen (secondary N) is 2. The lowest BCUT2D eigenvalue weighted by molar-refractivity contribution is -0.155. The average Bonchev–Trinajstić information content (AvgIpc) is 3.18. The minimum atomic E-state index is -1.83. The van der Waals surface area contributed by atoms with E-state index in [1.807, 2.05) is 0 Å². The van der Waals surface area contributed by atoms with Gasteiger partial charge in [0.1, 0.15) is 18.0 Å². The molecule has 1 aliphatic carbocycles. The Hall–Kier alpha value is -1.89. The van der Waals surface area contributed by atoms with Gasteiger partial charge in [-0.2, -0.15) is 0 Å². The summed E-state index contributed by atoms with van der Waals surface area (Å²) in [6.07, 6.45) is 3.91. The predicted molar refractivity (Wildman–Crippen MR) is 70.0 cm³/mol. The van der Waals surface area contributed by atoms with Gasteiger partial charge >= 0.3 is 5.97 Å². The molecule has 1 aromatic rings. The molecule has 0 radical (unpaired) electrons. The standard InChI is InChI=1S/C12H18N4O3/c1-12(19,11(17)18)6-14-10-4-9(15-7-16-10)13-5-8-2-3-8/h4,7-8,19H,2-3,5-6H2,1H3,(H,17,18)(H2,13,14,15,16). The van der Waals surface area contributed by atoms with Crippen LogP contribution in [0, 0.1) is 5.92 Å². The fourth-order valence-electron chi connectivity index (χ4n) is 1.46. The van der Waals surface area contributed by atoms with Crippen LogP contribution in [0.15, 0.2) is 12.4 Å². The van der Waals surface area contributed by atoms with Gasteiger partial charge in [-0.15, -0.1) is 0 Å². The van der Waals surface area contributed by atoms with Crippen molar-refractivity contribution in [2.75, 3.05) is 23.7 Å². The lowest BCUT2D eigenvalue weighted by Gasteiger charge is -2.18. The van der Waals surface area contributed by atoms with E-state index in [2.05, 4.69) is 20.6 Å². The number of carboxylic acid groups (broad SMARTS) is 1. The van der Waals surface area contributed by atoms with Crippen LogP contribution in [0.4, 0.5) is 11.6 Å². The van der Waals surface area contributed by atoms with Crippen LogP contribution >= 0.6 is 0 Å². The van der Waals surface area contributed by atoms with Gasteiger partial charge in [0.25, 0.3) is 0 Å². The number of carboxylic acids is 1. The molecule has 1 unspecified atom stereocenters. The number of carbonyl (C=O) groups is 1. The Morgan fingerprint density at radius 1 is 1.42 bits per heavy atom. The van der Waals surface area contributed by atoms with Crippen molar-refractivity contribution in [3.8, 4) is 0 Å². The van der Waals surface area contributed by atoms with Crippen LogP contribution < -0.4 is 10.6 Å². The molecule has 1 saturated carbocycles. The third kappa shape index (κ3) is 4.06. The highest BCUT2D eigenvalue weighted by atomic mass is 16.4. The van der Waals surface area contributed by atoms with E-state index in [1.54, 1.807) is 6.07 Å². The third-order valence-corrected chi connectivity index (χ3v) is 3.01. The maximum Gasteiger partial charge on any atom is 0.337 e. The highest BCUT2D eigenvalue weighted by Gasteiger charge is 2.29. The molecule has 0 bridgehead atoms. The Morgan fingerprint density at radius 3 is 2.63 bits per heavy atom. The van der Waals surface area contributed by atoms with Gasteiger partial charge in [-0.3, -0.25) is 0 Å². The van der Waals surface area contributed by atoms with E-state index in [9.17, 15) is 9.90 Å². The van der Waals surface area contributed by atoms with E-state index < -0.39 is 11.6 Å². The average molecular weight is 266 g/mol. The number of nitrogens with zero attached hydrogens (tertiary/aromatic N) is 2. The van der Waals surface area contributed by atoms with E-state index in [-0.39, 0.29) is 6.54 Å². The summed E-state index contributed by atoms with van der Waals surface area (Å²) < 4.78 is 0. The Kier molecular flexibility index (Phi) is 3.84. The fourth-order valence-corrected chi connectivity index (χ4v) is 1.46. The van der Waals surface area contributed by atoms with Crippen molar-refractivity contribution < 1.29 is 15.0 Å². The first kappa shape index (κ1) is 13.5. The molecule has 0 aliphatic heterocycles. The molecule has 1 aromatic heterocycles. The van der Waals surface area contributed by atoms with Gasteiger partial charge in [-0.1, -0.05) is 0 Å². The minimum absolute atomic E-state index is 0.124. The number of anilines is 2. The maximum atomic E-state index is 10.8. The molecular weight excluding hydrogens is 248 g/mol. The maximum absolute atomic E-state index is 10.8. The molecule has 7 heteroatoms. The highest BCUT2D eigenvalue weighted by Crippen LogP contribution is 2.28. The SMILES string of the molecule is CC(O)(CNc1cc(NCC2CC2)ncn1)C(=O)O. The normalized spacial score (nSPS) is 17.6. The number of aliphatic hydroxyl groups is 1. The zero-order chi connectivity index (χ0) is 13.9. The van der Waals surface area contributed by atoms with Gasteiger partial charge in [0, 0.05) is 12.6 Å². The third-order valence-electron chi connectivity index (χ3n) is 3.01. The first-order valence-corrected chi connectivity index (χ1v) is 6.23. The zero-order valence-corrected chi connectivity index (χ0v) is 10.8. The van der Waals surface area contributed by atoms with Gasteiger partial charge in [-0.05, 0) is 25.7 Å². The molecule has 1 fully saturated rings. The number of hydrogen-bond acceptors (Lipinski definition) is 6.